The Bertz CT molecular complexity index is 1620. The van der Waals surface area contributed by atoms with E-state index in [1.54, 1.807) is 0 Å². The Morgan fingerprint density at radius 3 is 1.97 bits per heavy atom. The van der Waals surface area contributed by atoms with Crippen molar-refractivity contribution in [1.29, 1.82) is 0 Å². The van der Waals surface area contributed by atoms with Crippen molar-refractivity contribution in [1.82, 2.24) is 4.98 Å². The molecule has 5 aromatic rings. The summed E-state index contributed by atoms with van der Waals surface area (Å²) in [6.07, 6.45) is 4.62. The van der Waals surface area contributed by atoms with Gasteiger partial charge in [-0.2, -0.15) is 0 Å². The molecule has 33 heavy (non-hydrogen) atoms. The van der Waals surface area contributed by atoms with Crippen LogP contribution >= 0.6 is 0 Å². The molecular formula is C32H31N. The van der Waals surface area contributed by atoms with E-state index in [1.165, 1.54) is 33.1 Å². The van der Waals surface area contributed by atoms with Crippen LogP contribution in [0.5, 0.6) is 0 Å². The van der Waals surface area contributed by atoms with Gasteiger partial charge in [0.15, 0.2) is 0 Å². The highest BCUT2D eigenvalue weighted by atomic mass is 14.7. The summed E-state index contributed by atoms with van der Waals surface area (Å²) < 4.78 is 33.8. The van der Waals surface area contributed by atoms with Gasteiger partial charge in [-0.25, -0.2) is 0 Å². The molecular weight excluding hydrogens is 398 g/mol. The Balaban J connectivity index is 1.55. The molecule has 0 aliphatic heterocycles. The molecule has 0 saturated heterocycles. The number of aryl methyl sites for hydroxylation is 1. The fourth-order valence-corrected chi connectivity index (χ4v) is 5.47. The summed E-state index contributed by atoms with van der Waals surface area (Å²) in [5, 5.41) is 7.17. The zero-order valence-corrected chi connectivity index (χ0v) is 19.3. The van der Waals surface area contributed by atoms with Gasteiger partial charge in [0.05, 0.1) is 5.69 Å². The lowest BCUT2D eigenvalue weighted by Gasteiger charge is -2.35. The lowest BCUT2D eigenvalue weighted by atomic mass is 9.71. The Labute approximate surface area is 202 Å². The first kappa shape index (κ1) is 16.4. The summed E-state index contributed by atoms with van der Waals surface area (Å²) in [6.45, 7) is 2.16. The molecule has 1 heteroatoms. The smallest absolute Gasteiger partial charge is 0.0705 e. The Morgan fingerprint density at radius 1 is 0.788 bits per heavy atom. The Hall–Kier alpha value is -3.19. The second-order valence-corrected chi connectivity index (χ2v) is 10.2. The van der Waals surface area contributed by atoms with Crippen molar-refractivity contribution in [2.24, 2.45) is 5.41 Å². The number of rotatable bonds is 2. The minimum Gasteiger partial charge on any atom is -0.256 e. The van der Waals surface area contributed by atoms with Crippen molar-refractivity contribution in [2.45, 2.75) is 52.3 Å². The van der Waals surface area contributed by atoms with Crippen LogP contribution in [0, 0.1) is 12.3 Å². The van der Waals surface area contributed by atoms with E-state index in [-0.39, 0.29) is 11.0 Å². The topological polar surface area (TPSA) is 12.9 Å². The molecule has 4 aromatic carbocycles. The average Bonchev–Trinajstić information content (AvgIpc) is 2.89. The van der Waals surface area contributed by atoms with Crippen molar-refractivity contribution >= 4 is 32.3 Å². The van der Waals surface area contributed by atoms with Crippen LogP contribution in [0.4, 0.5) is 0 Å². The molecule has 0 N–H and O–H groups in total. The second-order valence-electron chi connectivity index (χ2n) is 10.2. The van der Waals surface area contributed by atoms with Crippen LogP contribution in [-0.2, 0) is 0 Å². The summed E-state index contributed by atoms with van der Waals surface area (Å²) in [5.41, 5.74) is 2.66. The molecule has 0 bridgehead atoms. The highest BCUT2D eigenvalue weighted by molar-refractivity contribution is 6.25. The first-order chi connectivity index (χ1) is 17.6. The number of aromatic nitrogens is 1. The van der Waals surface area contributed by atoms with Gasteiger partial charge in [0.2, 0.25) is 0 Å². The largest absolute Gasteiger partial charge is 0.256 e. The quantitative estimate of drug-likeness (QED) is 0.253. The third-order valence-electron chi connectivity index (χ3n) is 7.53. The fourth-order valence-electron chi connectivity index (χ4n) is 5.47. The van der Waals surface area contributed by atoms with Crippen LogP contribution in [-0.4, -0.2) is 4.98 Å². The van der Waals surface area contributed by atoms with Crippen molar-refractivity contribution < 1.29 is 5.48 Å². The molecule has 0 unspecified atom stereocenters. The van der Waals surface area contributed by atoms with Gasteiger partial charge in [-0.05, 0) is 99.4 Å². The monoisotopic (exact) mass is 433 g/mol. The van der Waals surface area contributed by atoms with Gasteiger partial charge < -0.3 is 0 Å². The molecule has 1 nitrogen and oxygen atoms in total. The molecule has 6 rings (SSSR count). The van der Waals surface area contributed by atoms with E-state index in [9.17, 15) is 1.37 Å². The first-order valence-corrected chi connectivity index (χ1v) is 11.9. The van der Waals surface area contributed by atoms with Gasteiger partial charge in [-0.1, -0.05) is 74.5 Å². The summed E-state index contributed by atoms with van der Waals surface area (Å²) in [5.74, 6) is -0.920. The zero-order chi connectivity index (χ0) is 26.0. The van der Waals surface area contributed by atoms with Crippen LogP contribution in [0.3, 0.4) is 0 Å². The minimum atomic E-state index is -2.31. The predicted octanol–water partition coefficient (Wildman–Crippen LogP) is 9.20. The van der Waals surface area contributed by atoms with Crippen molar-refractivity contribution in [3.05, 3.63) is 90.1 Å². The fraction of sp³-hybridized carbons (Fsp3) is 0.281. The van der Waals surface area contributed by atoms with E-state index >= 15 is 0 Å². The summed E-state index contributed by atoms with van der Waals surface area (Å²) >= 11 is 0. The number of hydrogen-bond donors (Lipinski definition) is 0. The molecule has 1 aliphatic carbocycles. The number of pyridine rings is 1. The van der Waals surface area contributed by atoms with Gasteiger partial charge in [-0.15, -0.1) is 0 Å². The van der Waals surface area contributed by atoms with Crippen LogP contribution in [0.1, 0.15) is 62.0 Å². The molecule has 0 amide bonds. The third kappa shape index (κ3) is 3.51. The maximum absolute atomic E-state index is 9.37. The van der Waals surface area contributed by atoms with E-state index < -0.39 is 12.7 Å². The Kier molecular flexibility index (Phi) is 3.83. The van der Waals surface area contributed by atoms with Gasteiger partial charge >= 0.3 is 0 Å². The summed E-state index contributed by atoms with van der Waals surface area (Å²) in [7, 11) is 0. The zero-order valence-electron chi connectivity index (χ0n) is 23.3. The highest BCUT2D eigenvalue weighted by Crippen LogP contribution is 2.44. The van der Waals surface area contributed by atoms with Crippen LogP contribution in [0.25, 0.3) is 43.6 Å². The SMILES string of the molecule is [2H]C([2H])([2H])c1cnc(-c2ccc3c4ccccc4c4ccccc4c3c2)cc1C1([2H])CCC(C)(C)CC1. The van der Waals surface area contributed by atoms with Gasteiger partial charge in [0, 0.05) is 17.2 Å². The van der Waals surface area contributed by atoms with E-state index in [1.807, 2.05) is 6.07 Å². The molecule has 0 spiro atoms. The molecule has 1 aliphatic rings. The molecule has 0 radical (unpaired) electrons. The maximum atomic E-state index is 9.37. The van der Waals surface area contributed by atoms with E-state index in [4.69, 9.17) is 4.11 Å². The number of nitrogens with zero attached hydrogens (tertiary/aromatic N) is 1. The van der Waals surface area contributed by atoms with E-state index in [0.29, 0.717) is 18.4 Å². The van der Waals surface area contributed by atoms with Crippen LogP contribution < -0.4 is 0 Å². The molecule has 1 heterocycles. The maximum Gasteiger partial charge on any atom is 0.0705 e. The molecule has 1 fully saturated rings. The normalized spacial score (nSPS) is 19.7. The number of fused-ring (bicyclic) bond motifs is 6. The highest BCUT2D eigenvalue weighted by Gasteiger charge is 2.28. The predicted molar refractivity (Wildman–Crippen MR) is 142 cm³/mol. The van der Waals surface area contributed by atoms with Gasteiger partial charge in [0.1, 0.15) is 0 Å². The van der Waals surface area contributed by atoms with E-state index in [2.05, 4.69) is 85.6 Å². The Morgan fingerprint density at radius 2 is 1.36 bits per heavy atom. The van der Waals surface area contributed by atoms with Gasteiger partial charge in [-0.3, -0.25) is 4.98 Å². The lowest BCUT2D eigenvalue weighted by Crippen LogP contribution is -2.20. The second kappa shape index (κ2) is 7.70. The number of benzene rings is 4. The lowest BCUT2D eigenvalue weighted by molar-refractivity contribution is 0.224. The van der Waals surface area contributed by atoms with Crippen LogP contribution in [0.15, 0.2) is 79.0 Å². The van der Waals surface area contributed by atoms with Crippen molar-refractivity contribution in [3.8, 4) is 11.3 Å². The van der Waals surface area contributed by atoms with Crippen molar-refractivity contribution in [3.63, 3.8) is 0 Å². The third-order valence-corrected chi connectivity index (χ3v) is 7.53. The standard InChI is InChI=1S/C32H31N/c1-21-20-33-31(19-29(21)22-14-16-32(2,3)17-15-22)23-12-13-28-26-10-5-4-8-24(26)25-9-6-7-11-27(25)30(28)18-23/h4-13,18-20,22H,14-17H2,1-3H3/i1D3,22D. The minimum absolute atomic E-state index is 0.183. The summed E-state index contributed by atoms with van der Waals surface area (Å²) in [6, 6.07) is 25.2. The first-order valence-electron chi connectivity index (χ1n) is 13.9. The van der Waals surface area contributed by atoms with Gasteiger partial charge in [0.25, 0.3) is 0 Å². The molecule has 164 valence electrons. The van der Waals surface area contributed by atoms with Crippen LogP contribution in [0.2, 0.25) is 0 Å². The number of hydrogen-bond acceptors (Lipinski definition) is 1. The van der Waals surface area contributed by atoms with Crippen molar-refractivity contribution in [2.75, 3.05) is 0 Å². The molecule has 1 saturated carbocycles. The average molecular weight is 434 g/mol. The summed E-state index contributed by atoms with van der Waals surface area (Å²) in [4.78, 5) is 4.64. The molecule has 0 atom stereocenters. The van der Waals surface area contributed by atoms with E-state index in [0.717, 1.165) is 29.5 Å². The molecule has 1 aromatic heterocycles.